The molecule has 0 aliphatic carbocycles. The van der Waals surface area contributed by atoms with Crippen molar-refractivity contribution in [3.05, 3.63) is 29.8 Å². The summed E-state index contributed by atoms with van der Waals surface area (Å²) in [7, 11) is 0. The summed E-state index contributed by atoms with van der Waals surface area (Å²) in [5.74, 6) is -0.194. The molecule has 3 N–H and O–H groups in total. The van der Waals surface area contributed by atoms with E-state index < -0.39 is 6.04 Å². The first-order chi connectivity index (χ1) is 7.91. The van der Waals surface area contributed by atoms with Crippen LogP contribution in [0.4, 0.5) is 5.69 Å². The van der Waals surface area contributed by atoms with Crippen LogP contribution in [-0.4, -0.2) is 17.7 Å². The van der Waals surface area contributed by atoms with E-state index in [4.69, 9.17) is 5.73 Å². The molecule has 0 aliphatic rings. The average Bonchev–Trinajstić information content (AvgIpc) is 2.28. The van der Waals surface area contributed by atoms with Crippen LogP contribution in [0, 0.1) is 5.92 Å². The molecule has 17 heavy (non-hydrogen) atoms. The van der Waals surface area contributed by atoms with Crippen LogP contribution in [0.3, 0.4) is 0 Å². The molecule has 1 amide bonds. The molecule has 1 unspecified atom stereocenters. The second-order valence-corrected chi connectivity index (χ2v) is 4.40. The third-order valence-electron chi connectivity index (χ3n) is 2.56. The third-order valence-corrected chi connectivity index (χ3v) is 2.56. The van der Waals surface area contributed by atoms with Crippen molar-refractivity contribution in [2.45, 2.75) is 26.8 Å². The Morgan fingerprint density at radius 2 is 1.94 bits per heavy atom. The van der Waals surface area contributed by atoms with Crippen molar-refractivity contribution in [2.75, 3.05) is 5.32 Å². The Morgan fingerprint density at radius 1 is 1.29 bits per heavy atom. The van der Waals surface area contributed by atoms with E-state index in [-0.39, 0.29) is 17.6 Å². The molecule has 0 spiro atoms. The zero-order valence-electron chi connectivity index (χ0n) is 10.4. The first-order valence-electron chi connectivity index (χ1n) is 5.59. The molecule has 4 heteroatoms. The van der Waals surface area contributed by atoms with E-state index in [1.54, 1.807) is 24.3 Å². The SMILES string of the molecule is CC(=O)c1cccc(NC(=O)C(N)C(C)C)c1. The summed E-state index contributed by atoms with van der Waals surface area (Å²) in [5.41, 5.74) is 6.89. The Morgan fingerprint density at radius 3 is 2.47 bits per heavy atom. The number of carbonyl (C=O) groups excluding carboxylic acids is 2. The maximum Gasteiger partial charge on any atom is 0.241 e. The highest BCUT2D eigenvalue weighted by Gasteiger charge is 2.17. The van der Waals surface area contributed by atoms with Gasteiger partial charge in [0.2, 0.25) is 5.91 Å². The van der Waals surface area contributed by atoms with Crippen LogP contribution >= 0.6 is 0 Å². The Balaban J connectivity index is 2.78. The van der Waals surface area contributed by atoms with Gasteiger partial charge in [0, 0.05) is 11.3 Å². The first-order valence-corrected chi connectivity index (χ1v) is 5.59. The molecular weight excluding hydrogens is 216 g/mol. The second kappa shape index (κ2) is 5.59. The summed E-state index contributed by atoms with van der Waals surface area (Å²) in [6.45, 7) is 5.26. The van der Waals surface area contributed by atoms with Gasteiger partial charge in [0.1, 0.15) is 0 Å². The van der Waals surface area contributed by atoms with Gasteiger partial charge in [-0.3, -0.25) is 9.59 Å². The van der Waals surface area contributed by atoms with Gasteiger partial charge < -0.3 is 11.1 Å². The van der Waals surface area contributed by atoms with Gasteiger partial charge in [-0.15, -0.1) is 0 Å². The summed E-state index contributed by atoms with van der Waals surface area (Å²) in [5, 5.41) is 2.70. The Hall–Kier alpha value is -1.68. The Labute approximate surface area is 101 Å². The molecule has 1 rings (SSSR count). The van der Waals surface area contributed by atoms with Gasteiger partial charge in [-0.1, -0.05) is 26.0 Å². The molecule has 1 aromatic rings. The van der Waals surface area contributed by atoms with Gasteiger partial charge in [0.15, 0.2) is 5.78 Å². The van der Waals surface area contributed by atoms with Crippen LogP contribution in [0.15, 0.2) is 24.3 Å². The van der Waals surface area contributed by atoms with Crippen molar-refractivity contribution < 1.29 is 9.59 Å². The lowest BCUT2D eigenvalue weighted by atomic mass is 10.0. The van der Waals surface area contributed by atoms with Crippen molar-refractivity contribution in [1.82, 2.24) is 0 Å². The molecule has 92 valence electrons. The van der Waals surface area contributed by atoms with E-state index in [9.17, 15) is 9.59 Å². The van der Waals surface area contributed by atoms with Gasteiger partial charge >= 0.3 is 0 Å². The van der Waals surface area contributed by atoms with Gasteiger partial charge in [-0.05, 0) is 25.0 Å². The van der Waals surface area contributed by atoms with E-state index in [0.29, 0.717) is 11.3 Å². The van der Waals surface area contributed by atoms with Crippen molar-refractivity contribution in [3.63, 3.8) is 0 Å². The zero-order chi connectivity index (χ0) is 13.0. The molecule has 0 bridgehead atoms. The van der Waals surface area contributed by atoms with E-state index in [2.05, 4.69) is 5.32 Å². The number of hydrogen-bond acceptors (Lipinski definition) is 3. The molecule has 0 fully saturated rings. The summed E-state index contributed by atoms with van der Waals surface area (Å²) in [6.07, 6.45) is 0. The number of nitrogens with two attached hydrogens (primary N) is 1. The maximum absolute atomic E-state index is 11.7. The summed E-state index contributed by atoms with van der Waals surface area (Å²) >= 11 is 0. The molecular formula is C13H18N2O2. The lowest BCUT2D eigenvalue weighted by Crippen LogP contribution is -2.39. The van der Waals surface area contributed by atoms with Gasteiger partial charge in [0.25, 0.3) is 0 Å². The Bertz CT molecular complexity index is 427. The fraction of sp³-hybridized carbons (Fsp3) is 0.385. The topological polar surface area (TPSA) is 72.2 Å². The van der Waals surface area contributed by atoms with Crippen LogP contribution in [-0.2, 0) is 4.79 Å². The Kier molecular flexibility index (Phi) is 4.40. The fourth-order valence-corrected chi connectivity index (χ4v) is 1.34. The maximum atomic E-state index is 11.7. The molecule has 0 aliphatic heterocycles. The third kappa shape index (κ3) is 3.67. The van der Waals surface area contributed by atoms with Crippen LogP contribution in [0.25, 0.3) is 0 Å². The number of benzene rings is 1. The van der Waals surface area contributed by atoms with E-state index in [1.807, 2.05) is 13.8 Å². The lowest BCUT2D eigenvalue weighted by molar-refractivity contribution is -0.118. The first kappa shape index (κ1) is 13.4. The second-order valence-electron chi connectivity index (χ2n) is 4.40. The van der Waals surface area contributed by atoms with E-state index in [0.717, 1.165) is 0 Å². The van der Waals surface area contributed by atoms with Crippen molar-refractivity contribution in [2.24, 2.45) is 11.7 Å². The number of ketones is 1. The van der Waals surface area contributed by atoms with Crippen LogP contribution in [0.1, 0.15) is 31.1 Å². The summed E-state index contributed by atoms with van der Waals surface area (Å²) < 4.78 is 0. The summed E-state index contributed by atoms with van der Waals surface area (Å²) in [6, 6.07) is 6.27. The van der Waals surface area contributed by atoms with Crippen molar-refractivity contribution in [3.8, 4) is 0 Å². The fourth-order valence-electron chi connectivity index (χ4n) is 1.34. The number of anilines is 1. The van der Waals surface area contributed by atoms with Crippen molar-refractivity contribution >= 4 is 17.4 Å². The molecule has 0 heterocycles. The molecule has 1 aromatic carbocycles. The van der Waals surface area contributed by atoms with Gasteiger partial charge in [-0.2, -0.15) is 0 Å². The minimum atomic E-state index is -0.545. The predicted octanol–water partition coefficient (Wildman–Crippen LogP) is 1.81. The monoisotopic (exact) mass is 234 g/mol. The minimum Gasteiger partial charge on any atom is -0.325 e. The van der Waals surface area contributed by atoms with Crippen molar-refractivity contribution in [1.29, 1.82) is 0 Å². The zero-order valence-corrected chi connectivity index (χ0v) is 10.4. The standard InChI is InChI=1S/C13H18N2O2/c1-8(2)12(14)13(17)15-11-6-4-5-10(7-11)9(3)16/h4-8,12H,14H2,1-3H3,(H,15,17). The highest BCUT2D eigenvalue weighted by atomic mass is 16.2. The largest absolute Gasteiger partial charge is 0.325 e. The molecule has 0 saturated carbocycles. The number of hydrogen-bond donors (Lipinski definition) is 2. The average molecular weight is 234 g/mol. The quantitative estimate of drug-likeness (QED) is 0.780. The molecule has 0 radical (unpaired) electrons. The predicted molar refractivity (Wildman–Crippen MR) is 67.9 cm³/mol. The van der Waals surface area contributed by atoms with Crippen LogP contribution < -0.4 is 11.1 Å². The van der Waals surface area contributed by atoms with E-state index >= 15 is 0 Å². The number of Topliss-reactive ketones (excluding diaryl/α,β-unsaturated/α-hetero) is 1. The van der Waals surface area contributed by atoms with Gasteiger partial charge in [0.05, 0.1) is 6.04 Å². The summed E-state index contributed by atoms with van der Waals surface area (Å²) in [4.78, 5) is 22.9. The van der Waals surface area contributed by atoms with Crippen LogP contribution in [0.2, 0.25) is 0 Å². The lowest BCUT2D eigenvalue weighted by Gasteiger charge is -2.15. The highest BCUT2D eigenvalue weighted by molar-refractivity contribution is 5.98. The number of rotatable bonds is 4. The van der Waals surface area contributed by atoms with E-state index in [1.165, 1.54) is 6.92 Å². The molecule has 0 aromatic heterocycles. The number of nitrogens with one attached hydrogen (secondary N) is 1. The number of amides is 1. The number of carbonyl (C=O) groups is 2. The normalized spacial score (nSPS) is 12.3. The highest BCUT2D eigenvalue weighted by Crippen LogP contribution is 2.12. The smallest absolute Gasteiger partial charge is 0.241 e. The molecule has 1 atom stereocenters. The molecule has 4 nitrogen and oxygen atoms in total. The van der Waals surface area contributed by atoms with Gasteiger partial charge in [-0.25, -0.2) is 0 Å². The minimum absolute atomic E-state index is 0.0331. The molecule has 0 saturated heterocycles. The van der Waals surface area contributed by atoms with Crippen LogP contribution in [0.5, 0.6) is 0 Å².